The van der Waals surface area contributed by atoms with Crippen molar-refractivity contribution in [2.75, 3.05) is 53.6 Å². The van der Waals surface area contributed by atoms with Crippen LogP contribution < -0.4 is 23.7 Å². The van der Waals surface area contributed by atoms with Crippen LogP contribution in [0.2, 0.25) is 0 Å². The first-order valence-corrected chi connectivity index (χ1v) is 21.2. The Morgan fingerprint density at radius 3 is 1.78 bits per heavy atom. The van der Waals surface area contributed by atoms with Crippen LogP contribution in [0.15, 0.2) is 24.3 Å². The number of nitrogens with zero attached hydrogens (tertiary/aromatic N) is 4. The molecule has 1 N–H and O–H groups in total. The van der Waals surface area contributed by atoms with Gasteiger partial charge in [0.25, 0.3) is 0 Å². The molecule has 4 heterocycles. The van der Waals surface area contributed by atoms with E-state index in [2.05, 4.69) is 13.8 Å². The van der Waals surface area contributed by atoms with E-state index in [1.807, 2.05) is 18.2 Å². The molecule has 8 unspecified atom stereocenters. The maximum Gasteiger partial charge on any atom is 0.313 e. The summed E-state index contributed by atoms with van der Waals surface area (Å²) in [5.74, 6) is -1.82. The number of rotatable bonds is 20. The molecule has 8 atom stereocenters. The van der Waals surface area contributed by atoms with Crippen LogP contribution in [0.25, 0.3) is 0 Å². The molecule has 69 heavy (non-hydrogen) atoms. The Hall–Kier alpha value is -7.49. The molecule has 376 valence electrons. The van der Waals surface area contributed by atoms with Crippen LogP contribution in [0.3, 0.4) is 0 Å². The Morgan fingerprint density at radius 1 is 0.725 bits per heavy atom. The second kappa shape index (κ2) is 23.5. The minimum Gasteiger partial charge on any atom is -0.493 e. The average Bonchev–Trinajstić information content (AvgIpc) is 3.75. The van der Waals surface area contributed by atoms with Crippen molar-refractivity contribution in [1.29, 1.82) is 0 Å². The molecule has 6 rings (SSSR count). The lowest BCUT2D eigenvalue weighted by Crippen LogP contribution is -2.62. The van der Waals surface area contributed by atoms with Crippen molar-refractivity contribution in [3.05, 3.63) is 81.4 Å². The number of carbonyl (C=O) groups is 5. The SMILES string of the molecule is COc1cc2c(cc1OC)C1C(=O)c3ccc4c(c3OC1CO2)CC(C(C)C)O4.O=C(CC[N+](=O)[O-])OCC1OC(O)C(OC(=O)CC[N+](=O)[O-])C(OC(=O)CC[N+](=O)[O-])C1OC(=O)CC[N+](=O)[O-]. The largest absolute Gasteiger partial charge is 0.493 e. The summed E-state index contributed by atoms with van der Waals surface area (Å²) in [5, 5.41) is 52.7. The van der Waals surface area contributed by atoms with Gasteiger partial charge in [-0.25, -0.2) is 0 Å². The van der Waals surface area contributed by atoms with Gasteiger partial charge in [-0.1, -0.05) is 13.8 Å². The van der Waals surface area contributed by atoms with Crippen LogP contribution in [0.4, 0.5) is 0 Å². The van der Waals surface area contributed by atoms with Crippen LogP contribution in [-0.2, 0) is 49.3 Å². The summed E-state index contributed by atoms with van der Waals surface area (Å²) in [6.45, 7) is 0.118. The normalized spacial score (nSPS) is 22.7. The number of ketones is 1. The molecule has 2 aromatic carbocycles. The molecule has 4 aliphatic heterocycles. The Balaban J connectivity index is 0.000000268. The van der Waals surface area contributed by atoms with E-state index in [-0.39, 0.29) is 18.0 Å². The van der Waals surface area contributed by atoms with Crippen LogP contribution in [-0.4, -0.2) is 151 Å². The number of methoxy groups -OCH3 is 2. The first-order valence-electron chi connectivity index (χ1n) is 21.2. The first kappa shape index (κ1) is 52.5. The predicted molar refractivity (Wildman–Crippen MR) is 223 cm³/mol. The average molecular weight is 981 g/mol. The summed E-state index contributed by atoms with van der Waals surface area (Å²) in [4.78, 5) is 101. The van der Waals surface area contributed by atoms with E-state index in [9.17, 15) is 69.5 Å². The fourth-order valence-corrected chi connectivity index (χ4v) is 7.50. The zero-order valence-electron chi connectivity index (χ0n) is 37.4. The molecule has 1 saturated heterocycles. The highest BCUT2D eigenvalue weighted by Gasteiger charge is 2.53. The number of aliphatic hydroxyl groups excluding tert-OH is 1. The van der Waals surface area contributed by atoms with Crippen LogP contribution >= 0.6 is 0 Å². The van der Waals surface area contributed by atoms with Crippen molar-refractivity contribution in [3.8, 4) is 28.7 Å². The number of fused-ring (bicyclic) bond motifs is 6. The molecule has 0 amide bonds. The number of nitro groups is 4. The number of hydrogen-bond donors (Lipinski definition) is 1. The van der Waals surface area contributed by atoms with Gasteiger partial charge >= 0.3 is 23.9 Å². The number of esters is 4. The lowest BCUT2D eigenvalue weighted by Gasteiger charge is -2.42. The Morgan fingerprint density at radius 2 is 1.25 bits per heavy atom. The van der Waals surface area contributed by atoms with Crippen LogP contribution in [0.1, 0.15) is 66.9 Å². The van der Waals surface area contributed by atoms with Gasteiger partial charge in [-0.3, -0.25) is 64.4 Å². The smallest absolute Gasteiger partial charge is 0.313 e. The molecule has 0 spiro atoms. The number of benzene rings is 2. The summed E-state index contributed by atoms with van der Waals surface area (Å²) in [6, 6.07) is 7.32. The summed E-state index contributed by atoms with van der Waals surface area (Å²) in [7, 11) is 3.16. The predicted octanol–water partition coefficient (Wildman–Crippen LogP) is 1.43. The number of ether oxygens (including phenoxy) is 10. The molecule has 4 aliphatic rings. The third kappa shape index (κ3) is 13.6. The Labute approximate surface area is 389 Å². The summed E-state index contributed by atoms with van der Waals surface area (Å²) >= 11 is 0. The second-order valence-electron chi connectivity index (χ2n) is 15.9. The topological polar surface area (TPSA) is 370 Å². The van der Waals surface area contributed by atoms with Gasteiger partial charge < -0.3 is 52.5 Å². The summed E-state index contributed by atoms with van der Waals surface area (Å²) < 4.78 is 54.2. The quantitative estimate of drug-likeness (QED) is 0.0848. The van der Waals surface area contributed by atoms with E-state index in [0.717, 1.165) is 23.3 Å². The minimum atomic E-state index is -2.22. The van der Waals surface area contributed by atoms with Gasteiger partial charge in [0, 0.05) is 43.3 Å². The van der Waals surface area contributed by atoms with Crippen molar-refractivity contribution >= 4 is 29.7 Å². The molecule has 0 aliphatic carbocycles. The fraction of sp³-hybridized carbons (Fsp3) is 0.585. The maximum absolute atomic E-state index is 13.5. The highest BCUT2D eigenvalue weighted by Crippen LogP contribution is 2.50. The van der Waals surface area contributed by atoms with Crippen molar-refractivity contribution in [2.45, 2.75) is 94.8 Å². The molecule has 2 aromatic rings. The van der Waals surface area contributed by atoms with E-state index in [1.54, 1.807) is 20.3 Å². The third-order valence-corrected chi connectivity index (χ3v) is 10.9. The number of aliphatic hydroxyl groups is 1. The molecular formula is C41H48N4O24. The molecule has 0 bridgehead atoms. The molecule has 0 radical (unpaired) electrons. The van der Waals surface area contributed by atoms with E-state index in [4.69, 9.17) is 47.4 Å². The summed E-state index contributed by atoms with van der Waals surface area (Å²) in [6.07, 6.45) is -12.7. The fourth-order valence-electron chi connectivity index (χ4n) is 7.50. The van der Waals surface area contributed by atoms with Gasteiger partial charge in [-0.05, 0) is 24.1 Å². The minimum absolute atomic E-state index is 0.0452. The van der Waals surface area contributed by atoms with Crippen LogP contribution in [0.5, 0.6) is 28.7 Å². The second-order valence-corrected chi connectivity index (χ2v) is 15.9. The van der Waals surface area contributed by atoms with Crippen molar-refractivity contribution < 1.29 is 96.1 Å². The van der Waals surface area contributed by atoms with Crippen molar-refractivity contribution in [1.82, 2.24) is 0 Å². The number of hydrogen-bond acceptors (Lipinski definition) is 24. The van der Waals surface area contributed by atoms with Crippen LogP contribution in [0, 0.1) is 46.4 Å². The highest BCUT2D eigenvalue weighted by atomic mass is 16.7. The highest BCUT2D eigenvalue weighted by molar-refractivity contribution is 6.06. The van der Waals surface area contributed by atoms with Gasteiger partial charge in [0.1, 0.15) is 74.5 Å². The monoisotopic (exact) mass is 980 g/mol. The number of Topliss-reactive ketones (excluding diaryl/α,β-unsaturated/α-hetero) is 1. The summed E-state index contributed by atoms with van der Waals surface area (Å²) in [5.41, 5.74) is 2.37. The van der Waals surface area contributed by atoms with Crippen molar-refractivity contribution in [2.24, 2.45) is 5.92 Å². The molecule has 1 fully saturated rings. The van der Waals surface area contributed by atoms with E-state index < -0.39 is 139 Å². The standard InChI is InChI=1S/C23H24O6.C18H24N4O18/c1-11(2)16-8-14-15(28-16)6-5-12-22(24)21-13-7-18(25-3)19(26-4)9-17(13)27-10-20(21)29-23(12)14;23-11(1-5-19(28)29)36-9-10-15(38-12(24)2-6-20(30)31)16(39-13(25)3-7-21(32)33)17(18(27)37-10)40-14(26)4-8-22(34)35/h5-7,9,11,16,20-21H,8,10H2,1-4H3;10,15-18,27H,1-9H2. The molecular weight excluding hydrogens is 932 g/mol. The van der Waals surface area contributed by atoms with Gasteiger partial charge in [0.05, 0.1) is 25.7 Å². The van der Waals surface area contributed by atoms with Crippen molar-refractivity contribution in [3.63, 3.8) is 0 Å². The Kier molecular flexibility index (Phi) is 17.9. The van der Waals surface area contributed by atoms with Gasteiger partial charge in [-0.15, -0.1) is 0 Å². The third-order valence-electron chi connectivity index (χ3n) is 10.9. The zero-order chi connectivity index (χ0) is 50.7. The Bertz CT molecular complexity index is 2310. The first-order chi connectivity index (χ1) is 32.7. The zero-order valence-corrected chi connectivity index (χ0v) is 37.4. The molecule has 0 saturated carbocycles. The lowest BCUT2D eigenvalue weighted by atomic mass is 9.81. The molecule has 0 aromatic heterocycles. The molecule has 28 nitrogen and oxygen atoms in total. The molecule has 28 heteroatoms. The maximum atomic E-state index is 13.5. The number of carbonyl (C=O) groups excluding carboxylic acids is 5. The van der Waals surface area contributed by atoms with Gasteiger partial charge in [0.15, 0.2) is 41.9 Å². The van der Waals surface area contributed by atoms with Gasteiger partial charge in [-0.2, -0.15) is 0 Å². The van der Waals surface area contributed by atoms with E-state index in [0.29, 0.717) is 41.1 Å². The van der Waals surface area contributed by atoms with Gasteiger partial charge in [0.2, 0.25) is 26.2 Å². The van der Waals surface area contributed by atoms with E-state index in [1.165, 1.54) is 0 Å². The lowest BCUT2D eigenvalue weighted by molar-refractivity contribution is -0.479. The van der Waals surface area contributed by atoms with E-state index >= 15 is 0 Å².